The minimum atomic E-state index is 0.0690. The van der Waals surface area contributed by atoms with Crippen LogP contribution in [0.4, 0.5) is 0 Å². The third-order valence-corrected chi connectivity index (χ3v) is 7.63. The first kappa shape index (κ1) is 21.6. The Labute approximate surface area is 203 Å². The van der Waals surface area contributed by atoms with Crippen molar-refractivity contribution in [2.45, 2.75) is 32.5 Å². The summed E-state index contributed by atoms with van der Waals surface area (Å²) in [6.07, 6.45) is 3.09. The van der Waals surface area contributed by atoms with E-state index in [9.17, 15) is 0 Å². The summed E-state index contributed by atoms with van der Waals surface area (Å²) in [6.45, 7) is 6.59. The zero-order valence-corrected chi connectivity index (χ0v) is 20.4. The van der Waals surface area contributed by atoms with Crippen LogP contribution in [-0.4, -0.2) is 47.1 Å². The molecule has 0 N–H and O–H groups in total. The summed E-state index contributed by atoms with van der Waals surface area (Å²) < 4.78 is 21.6. The van der Waals surface area contributed by atoms with E-state index in [0.29, 0.717) is 13.2 Å². The molecule has 1 unspecified atom stereocenters. The first-order valence-corrected chi connectivity index (χ1v) is 12.7. The van der Waals surface area contributed by atoms with Gasteiger partial charge in [0, 0.05) is 66.1 Å². The Balaban J connectivity index is 1.39. The van der Waals surface area contributed by atoms with Gasteiger partial charge in [-0.3, -0.25) is 9.58 Å². The molecular weight excluding hydrogens is 446 g/mol. The lowest BCUT2D eigenvalue weighted by molar-refractivity contribution is 0.137. The number of hydrogen-bond donors (Lipinski definition) is 0. The Morgan fingerprint density at radius 3 is 2.94 bits per heavy atom. The molecular formula is C27H29N3O3S. The van der Waals surface area contributed by atoms with E-state index < -0.39 is 0 Å². The van der Waals surface area contributed by atoms with E-state index in [2.05, 4.69) is 64.9 Å². The maximum Gasteiger partial charge on any atom is 0.165 e. The second kappa shape index (κ2) is 9.06. The van der Waals surface area contributed by atoms with Gasteiger partial charge >= 0.3 is 0 Å². The number of hydrogen-bond acceptors (Lipinski definition) is 6. The molecule has 6 rings (SSSR count). The predicted molar refractivity (Wildman–Crippen MR) is 135 cm³/mol. The summed E-state index contributed by atoms with van der Waals surface area (Å²) in [4.78, 5) is 2.44. The van der Waals surface area contributed by atoms with E-state index in [4.69, 9.17) is 14.2 Å². The van der Waals surface area contributed by atoms with Crippen LogP contribution < -0.4 is 9.47 Å². The van der Waals surface area contributed by atoms with E-state index in [-0.39, 0.29) is 6.10 Å². The fraction of sp³-hybridized carbons (Fsp3) is 0.370. The highest BCUT2D eigenvalue weighted by molar-refractivity contribution is 7.17. The molecule has 4 aromatic rings. The molecule has 2 aliphatic heterocycles. The number of fused-ring (bicyclic) bond motifs is 2. The Morgan fingerprint density at radius 2 is 2.12 bits per heavy atom. The Kier molecular flexibility index (Phi) is 5.77. The predicted octanol–water partition coefficient (Wildman–Crippen LogP) is 5.17. The maximum absolute atomic E-state index is 6.48. The van der Waals surface area contributed by atoms with Gasteiger partial charge < -0.3 is 14.2 Å². The van der Waals surface area contributed by atoms with E-state index in [1.165, 1.54) is 32.3 Å². The first-order valence-electron chi connectivity index (χ1n) is 11.9. The molecule has 1 fully saturated rings. The average molecular weight is 476 g/mol. The van der Waals surface area contributed by atoms with Crippen LogP contribution in [0.15, 0.2) is 48.0 Å². The molecule has 176 valence electrons. The number of nitrogens with zero attached hydrogens (tertiary/aromatic N) is 3. The highest BCUT2D eigenvalue weighted by atomic mass is 32.1. The van der Waals surface area contributed by atoms with Gasteiger partial charge in [-0.05, 0) is 36.1 Å². The summed E-state index contributed by atoms with van der Waals surface area (Å²) in [5.41, 5.74) is 5.92. The van der Waals surface area contributed by atoms with Gasteiger partial charge in [-0.25, -0.2) is 0 Å². The van der Waals surface area contributed by atoms with Crippen LogP contribution in [0.5, 0.6) is 11.5 Å². The van der Waals surface area contributed by atoms with Crippen LogP contribution in [0.2, 0.25) is 0 Å². The second-order valence-corrected chi connectivity index (χ2v) is 10.1. The van der Waals surface area contributed by atoms with Crippen molar-refractivity contribution in [1.82, 2.24) is 14.7 Å². The van der Waals surface area contributed by atoms with E-state index in [1.807, 2.05) is 11.7 Å². The van der Waals surface area contributed by atoms with Crippen molar-refractivity contribution in [3.05, 3.63) is 64.8 Å². The lowest BCUT2D eigenvalue weighted by Gasteiger charge is -2.20. The summed E-state index contributed by atoms with van der Waals surface area (Å²) >= 11 is 1.78. The van der Waals surface area contributed by atoms with Gasteiger partial charge in [0.1, 0.15) is 12.7 Å². The molecule has 2 aromatic heterocycles. The second-order valence-electron chi connectivity index (χ2n) is 9.18. The smallest absolute Gasteiger partial charge is 0.165 e. The molecule has 0 bridgehead atoms. The highest BCUT2D eigenvalue weighted by Gasteiger charge is 2.25. The van der Waals surface area contributed by atoms with Gasteiger partial charge in [-0.15, -0.1) is 11.3 Å². The fourth-order valence-electron chi connectivity index (χ4n) is 4.95. The molecule has 34 heavy (non-hydrogen) atoms. The van der Waals surface area contributed by atoms with Crippen LogP contribution in [0.25, 0.3) is 21.2 Å². The number of ether oxygens (including phenoxy) is 3. The lowest BCUT2D eigenvalue weighted by atomic mass is 10.0. The van der Waals surface area contributed by atoms with Gasteiger partial charge in [-0.2, -0.15) is 5.10 Å². The molecule has 2 aliphatic rings. The molecule has 7 heteroatoms. The van der Waals surface area contributed by atoms with Gasteiger partial charge in [0.15, 0.2) is 11.5 Å². The number of thiophene rings is 1. The van der Waals surface area contributed by atoms with Crippen LogP contribution in [0.1, 0.15) is 23.2 Å². The third kappa shape index (κ3) is 4.19. The van der Waals surface area contributed by atoms with Crippen LogP contribution in [0.3, 0.4) is 0 Å². The van der Waals surface area contributed by atoms with Gasteiger partial charge in [0.05, 0.1) is 18.9 Å². The van der Waals surface area contributed by atoms with Crippen molar-refractivity contribution < 1.29 is 14.2 Å². The zero-order chi connectivity index (χ0) is 23.1. The lowest BCUT2D eigenvalue weighted by Crippen LogP contribution is -2.25. The topological polar surface area (TPSA) is 48.8 Å². The van der Waals surface area contributed by atoms with Crippen molar-refractivity contribution in [3.8, 4) is 22.6 Å². The Bertz CT molecular complexity index is 1320. The molecule has 2 aromatic carbocycles. The summed E-state index contributed by atoms with van der Waals surface area (Å²) in [6, 6.07) is 13.0. The first-order chi connectivity index (χ1) is 16.6. The zero-order valence-electron chi connectivity index (χ0n) is 19.6. The van der Waals surface area contributed by atoms with Crippen LogP contribution in [-0.2, 0) is 24.9 Å². The quantitative estimate of drug-likeness (QED) is 0.398. The molecule has 1 atom stereocenters. The number of aromatic nitrogens is 2. The monoisotopic (exact) mass is 475 g/mol. The maximum atomic E-state index is 6.48. The van der Waals surface area contributed by atoms with E-state index >= 15 is 0 Å². The number of rotatable bonds is 5. The molecule has 4 heterocycles. The van der Waals surface area contributed by atoms with Crippen LogP contribution in [0, 0.1) is 6.92 Å². The Morgan fingerprint density at radius 1 is 1.21 bits per heavy atom. The minimum Gasteiger partial charge on any atom is -0.488 e. The molecule has 0 aliphatic carbocycles. The van der Waals surface area contributed by atoms with Crippen molar-refractivity contribution in [2.24, 2.45) is 7.05 Å². The Hall–Kier alpha value is -2.87. The molecule has 0 amide bonds. The SMILES string of the molecule is Cc1nn(C)cc1CN1CCOc2c(cc(-c3csc4ccccc34)cc2OC2CCOC2)C1. The van der Waals surface area contributed by atoms with Crippen LogP contribution >= 0.6 is 11.3 Å². The molecule has 6 nitrogen and oxygen atoms in total. The third-order valence-electron chi connectivity index (χ3n) is 6.66. The van der Waals surface area contributed by atoms with Crippen molar-refractivity contribution in [2.75, 3.05) is 26.4 Å². The fourth-order valence-corrected chi connectivity index (χ4v) is 5.92. The van der Waals surface area contributed by atoms with E-state index in [0.717, 1.165) is 49.9 Å². The molecule has 1 saturated heterocycles. The molecule has 0 radical (unpaired) electrons. The molecule has 0 saturated carbocycles. The summed E-state index contributed by atoms with van der Waals surface area (Å²) in [5, 5.41) is 8.05. The van der Waals surface area contributed by atoms with Crippen molar-refractivity contribution >= 4 is 21.4 Å². The minimum absolute atomic E-state index is 0.0690. The summed E-state index contributed by atoms with van der Waals surface area (Å²) in [7, 11) is 1.98. The van der Waals surface area contributed by atoms with Gasteiger partial charge in [0.25, 0.3) is 0 Å². The summed E-state index contributed by atoms with van der Waals surface area (Å²) in [5.74, 6) is 1.71. The average Bonchev–Trinajstić information content (AvgIpc) is 3.52. The number of aryl methyl sites for hydroxylation is 2. The van der Waals surface area contributed by atoms with Crippen molar-refractivity contribution in [3.63, 3.8) is 0 Å². The van der Waals surface area contributed by atoms with Gasteiger partial charge in [0.2, 0.25) is 0 Å². The van der Waals surface area contributed by atoms with Gasteiger partial charge in [-0.1, -0.05) is 18.2 Å². The molecule has 0 spiro atoms. The number of benzene rings is 2. The van der Waals surface area contributed by atoms with E-state index in [1.54, 1.807) is 11.3 Å². The largest absolute Gasteiger partial charge is 0.488 e. The standard InChI is InChI=1S/C27H29N3O3S/c1-18-21(13-29(2)28-18)15-30-8-10-32-27-20(14-30)11-19(12-25(27)33-22-7-9-31-16-22)24-17-34-26-6-4-3-5-23(24)26/h3-6,11-13,17,22H,7-10,14-16H2,1-2H3. The normalized spacial score (nSPS) is 18.6. The highest BCUT2D eigenvalue weighted by Crippen LogP contribution is 2.42. The van der Waals surface area contributed by atoms with Crippen molar-refractivity contribution in [1.29, 1.82) is 0 Å².